The molecule has 1 aliphatic rings. The molecule has 30 heavy (non-hydrogen) atoms. The van der Waals surface area contributed by atoms with Crippen molar-refractivity contribution in [2.75, 3.05) is 13.1 Å². The summed E-state index contributed by atoms with van der Waals surface area (Å²) in [5.41, 5.74) is 2.26. The molecule has 0 spiro atoms. The lowest BCUT2D eigenvalue weighted by molar-refractivity contribution is -0.127. The first kappa shape index (κ1) is 22.6. The second kappa shape index (κ2) is 11.9. The van der Waals surface area contributed by atoms with Crippen LogP contribution in [-0.2, 0) is 11.3 Å². The molecule has 0 N–H and O–H groups in total. The van der Waals surface area contributed by atoms with Crippen molar-refractivity contribution in [2.45, 2.75) is 90.0 Å². The summed E-state index contributed by atoms with van der Waals surface area (Å²) in [6.45, 7) is 8.45. The molecule has 0 bridgehead atoms. The Morgan fingerprint density at radius 1 is 1.03 bits per heavy atom. The Labute approximate surface area is 182 Å². The molecule has 0 aliphatic carbocycles. The van der Waals surface area contributed by atoms with E-state index in [0.29, 0.717) is 13.0 Å². The predicted molar refractivity (Wildman–Crippen MR) is 126 cm³/mol. The Morgan fingerprint density at radius 3 is 2.40 bits per heavy atom. The van der Waals surface area contributed by atoms with Crippen LogP contribution in [0.15, 0.2) is 36.9 Å². The number of aryl methyl sites for hydroxylation is 1. The number of likely N-dealkylation sites (tertiary alicyclic amines) is 1. The van der Waals surface area contributed by atoms with Crippen LogP contribution < -0.4 is 0 Å². The second-order valence-electron chi connectivity index (χ2n) is 8.78. The number of para-hydroxylation sites is 2. The van der Waals surface area contributed by atoms with Crippen molar-refractivity contribution in [1.29, 1.82) is 0 Å². The highest BCUT2D eigenvalue weighted by Crippen LogP contribution is 2.30. The monoisotopic (exact) mass is 409 g/mol. The van der Waals surface area contributed by atoms with E-state index in [9.17, 15) is 4.79 Å². The van der Waals surface area contributed by atoms with E-state index in [1.54, 1.807) is 0 Å². The number of fused-ring (bicyclic) bond motifs is 1. The first-order valence-corrected chi connectivity index (χ1v) is 12.1. The zero-order valence-electron chi connectivity index (χ0n) is 18.8. The van der Waals surface area contributed by atoms with Gasteiger partial charge in [-0.2, -0.15) is 0 Å². The standard InChI is InChI=1S/C26H39N3O/c1-3-5-6-7-8-9-10-11-12-15-19-29-24-17-14-13-16-23(24)27-26(29)22-20-25(30)28(21-22)18-4-2/h4,13-14,16-17,22H,2-3,5-12,15,18-21H2,1H3. The van der Waals surface area contributed by atoms with Crippen molar-refractivity contribution in [1.82, 2.24) is 14.5 Å². The maximum atomic E-state index is 12.4. The minimum Gasteiger partial charge on any atom is -0.338 e. The van der Waals surface area contributed by atoms with Gasteiger partial charge in [0, 0.05) is 32.0 Å². The maximum absolute atomic E-state index is 12.4. The van der Waals surface area contributed by atoms with E-state index in [0.717, 1.165) is 24.4 Å². The number of aromatic nitrogens is 2. The number of benzene rings is 1. The summed E-state index contributed by atoms with van der Waals surface area (Å²) >= 11 is 0. The first-order chi connectivity index (χ1) is 14.7. The van der Waals surface area contributed by atoms with Crippen molar-refractivity contribution in [3.8, 4) is 0 Å². The lowest BCUT2D eigenvalue weighted by Crippen LogP contribution is -2.25. The van der Waals surface area contributed by atoms with E-state index in [4.69, 9.17) is 4.98 Å². The van der Waals surface area contributed by atoms with Gasteiger partial charge in [-0.25, -0.2) is 4.98 Å². The van der Waals surface area contributed by atoms with E-state index in [2.05, 4.69) is 36.3 Å². The third-order valence-electron chi connectivity index (χ3n) is 6.35. The zero-order valence-corrected chi connectivity index (χ0v) is 18.8. The lowest BCUT2D eigenvalue weighted by atomic mass is 10.1. The minimum absolute atomic E-state index is 0.188. The van der Waals surface area contributed by atoms with Crippen LogP contribution in [-0.4, -0.2) is 33.4 Å². The Bertz CT molecular complexity index is 810. The molecule has 4 heteroatoms. The predicted octanol–water partition coefficient (Wildman–Crippen LogP) is 6.46. The summed E-state index contributed by atoms with van der Waals surface area (Å²) in [6.07, 6.45) is 15.8. The molecular formula is C26H39N3O. The summed E-state index contributed by atoms with van der Waals surface area (Å²) < 4.78 is 2.38. The van der Waals surface area contributed by atoms with Gasteiger partial charge < -0.3 is 9.47 Å². The third-order valence-corrected chi connectivity index (χ3v) is 6.35. The number of carbonyl (C=O) groups excluding carboxylic acids is 1. The number of imidazole rings is 1. The van der Waals surface area contributed by atoms with Crippen molar-refractivity contribution in [3.05, 3.63) is 42.7 Å². The Balaban J connectivity index is 1.53. The molecule has 1 amide bonds. The minimum atomic E-state index is 0.188. The fourth-order valence-electron chi connectivity index (χ4n) is 4.68. The molecule has 4 nitrogen and oxygen atoms in total. The van der Waals surface area contributed by atoms with Crippen LogP contribution in [0.1, 0.15) is 89.3 Å². The average molecular weight is 410 g/mol. The highest BCUT2D eigenvalue weighted by Gasteiger charge is 2.33. The third kappa shape index (κ3) is 5.96. The van der Waals surface area contributed by atoms with Gasteiger partial charge in [0.25, 0.3) is 0 Å². The quantitative estimate of drug-likeness (QED) is 0.265. The highest BCUT2D eigenvalue weighted by atomic mass is 16.2. The van der Waals surface area contributed by atoms with Gasteiger partial charge >= 0.3 is 0 Å². The molecule has 0 saturated carbocycles. The van der Waals surface area contributed by atoms with E-state index < -0.39 is 0 Å². The molecular weight excluding hydrogens is 370 g/mol. The normalized spacial score (nSPS) is 16.6. The van der Waals surface area contributed by atoms with Crippen LogP contribution >= 0.6 is 0 Å². The highest BCUT2D eigenvalue weighted by molar-refractivity contribution is 5.81. The van der Waals surface area contributed by atoms with E-state index in [1.165, 1.54) is 69.7 Å². The van der Waals surface area contributed by atoms with E-state index >= 15 is 0 Å². The molecule has 1 aliphatic heterocycles. The summed E-state index contributed by atoms with van der Waals surface area (Å²) in [4.78, 5) is 19.2. The van der Waals surface area contributed by atoms with Crippen LogP contribution in [0.25, 0.3) is 11.0 Å². The van der Waals surface area contributed by atoms with Crippen molar-refractivity contribution >= 4 is 16.9 Å². The number of nitrogens with zero attached hydrogens (tertiary/aromatic N) is 3. The van der Waals surface area contributed by atoms with E-state index in [1.807, 2.05) is 17.0 Å². The fraction of sp³-hybridized carbons (Fsp3) is 0.615. The van der Waals surface area contributed by atoms with Gasteiger partial charge in [0.05, 0.1) is 11.0 Å². The molecule has 3 rings (SSSR count). The molecule has 1 atom stereocenters. The molecule has 2 heterocycles. The molecule has 0 radical (unpaired) electrons. The molecule has 164 valence electrons. The number of amides is 1. The second-order valence-corrected chi connectivity index (χ2v) is 8.78. The van der Waals surface area contributed by atoms with Crippen LogP contribution in [0.3, 0.4) is 0 Å². The molecule has 1 fully saturated rings. The van der Waals surface area contributed by atoms with Crippen molar-refractivity contribution in [3.63, 3.8) is 0 Å². The average Bonchev–Trinajstić information content (AvgIpc) is 3.30. The summed E-state index contributed by atoms with van der Waals surface area (Å²) in [5, 5.41) is 0. The number of unbranched alkanes of at least 4 members (excludes halogenated alkanes) is 9. The molecule has 1 aromatic heterocycles. The topological polar surface area (TPSA) is 38.1 Å². The van der Waals surface area contributed by atoms with E-state index in [-0.39, 0.29) is 11.8 Å². The van der Waals surface area contributed by atoms with Gasteiger partial charge in [-0.1, -0.05) is 82.9 Å². The van der Waals surface area contributed by atoms with Crippen LogP contribution in [0.4, 0.5) is 0 Å². The SMILES string of the molecule is C=CCN1CC(c2nc3ccccc3n2CCCCCCCCCCCC)CC1=O. The summed E-state index contributed by atoms with van der Waals surface area (Å²) in [5.74, 6) is 1.50. The van der Waals surface area contributed by atoms with Crippen LogP contribution in [0.2, 0.25) is 0 Å². The van der Waals surface area contributed by atoms with Crippen molar-refractivity contribution < 1.29 is 4.79 Å². The largest absolute Gasteiger partial charge is 0.338 e. The summed E-state index contributed by atoms with van der Waals surface area (Å²) in [7, 11) is 0. The summed E-state index contributed by atoms with van der Waals surface area (Å²) in [6, 6.07) is 8.40. The number of carbonyl (C=O) groups is 1. The van der Waals surface area contributed by atoms with Gasteiger partial charge in [-0.15, -0.1) is 6.58 Å². The lowest BCUT2D eigenvalue weighted by Gasteiger charge is -2.15. The molecule has 2 aromatic rings. The molecule has 1 saturated heterocycles. The molecule has 1 aromatic carbocycles. The Hall–Kier alpha value is -2.10. The van der Waals surface area contributed by atoms with Gasteiger partial charge in [-0.05, 0) is 18.6 Å². The first-order valence-electron chi connectivity index (χ1n) is 12.1. The van der Waals surface area contributed by atoms with Crippen LogP contribution in [0.5, 0.6) is 0 Å². The smallest absolute Gasteiger partial charge is 0.223 e. The fourth-order valence-corrected chi connectivity index (χ4v) is 4.68. The Kier molecular flexibility index (Phi) is 8.98. The molecule has 1 unspecified atom stereocenters. The van der Waals surface area contributed by atoms with Gasteiger partial charge in [0.1, 0.15) is 5.82 Å². The van der Waals surface area contributed by atoms with Crippen LogP contribution in [0, 0.1) is 0 Å². The van der Waals surface area contributed by atoms with Gasteiger partial charge in [0.15, 0.2) is 0 Å². The number of rotatable bonds is 14. The van der Waals surface area contributed by atoms with Gasteiger partial charge in [-0.3, -0.25) is 4.79 Å². The zero-order chi connectivity index (χ0) is 21.2. The maximum Gasteiger partial charge on any atom is 0.223 e. The Morgan fingerprint density at radius 2 is 1.70 bits per heavy atom. The van der Waals surface area contributed by atoms with Crippen molar-refractivity contribution in [2.24, 2.45) is 0 Å². The number of hydrogen-bond donors (Lipinski definition) is 0. The number of hydrogen-bond acceptors (Lipinski definition) is 2. The van der Waals surface area contributed by atoms with Gasteiger partial charge in [0.2, 0.25) is 5.91 Å².